The van der Waals surface area contributed by atoms with Gasteiger partial charge in [-0.15, -0.1) is 16.4 Å². The largest absolute Gasteiger partial charge is 0.370 e. The Bertz CT molecular complexity index is 1040. The Balaban J connectivity index is 1.27. The fourth-order valence-corrected chi connectivity index (χ4v) is 5.74. The van der Waals surface area contributed by atoms with Crippen molar-refractivity contribution in [1.29, 1.82) is 0 Å². The number of ether oxygens (including phenoxy) is 1. The number of carbonyl (C=O) groups excluding carboxylic acids is 1. The first-order valence-corrected chi connectivity index (χ1v) is 11.3. The summed E-state index contributed by atoms with van der Waals surface area (Å²) in [7, 11) is 0. The molecule has 1 aromatic carbocycles. The van der Waals surface area contributed by atoms with Gasteiger partial charge in [-0.3, -0.25) is 4.79 Å². The van der Waals surface area contributed by atoms with Crippen LogP contribution in [0.5, 0.6) is 0 Å². The van der Waals surface area contributed by atoms with Gasteiger partial charge >= 0.3 is 0 Å². The van der Waals surface area contributed by atoms with Gasteiger partial charge in [0.1, 0.15) is 5.82 Å². The number of amides is 1. The number of rotatable bonds is 4. The third-order valence-corrected chi connectivity index (χ3v) is 7.48. The summed E-state index contributed by atoms with van der Waals surface area (Å²) < 4.78 is 8.06. The Kier molecular flexibility index (Phi) is 5.12. The van der Waals surface area contributed by atoms with E-state index in [-0.39, 0.29) is 11.5 Å². The first kappa shape index (κ1) is 19.4. The van der Waals surface area contributed by atoms with E-state index in [0.717, 1.165) is 44.8 Å². The number of thiophene rings is 1. The van der Waals surface area contributed by atoms with E-state index in [1.165, 1.54) is 20.9 Å². The maximum absolute atomic E-state index is 12.7. The number of fused-ring (bicyclic) bond motifs is 2. The van der Waals surface area contributed by atoms with Crippen molar-refractivity contribution in [3.63, 3.8) is 0 Å². The highest BCUT2D eigenvalue weighted by Crippen LogP contribution is 2.46. The molecule has 0 N–H and O–H groups in total. The first-order valence-electron chi connectivity index (χ1n) is 10.5. The highest BCUT2D eigenvalue weighted by Gasteiger charge is 2.42. The molecule has 7 nitrogen and oxygen atoms in total. The monoisotopic (exact) mass is 423 g/mol. The van der Waals surface area contributed by atoms with Gasteiger partial charge < -0.3 is 9.64 Å². The third-order valence-electron chi connectivity index (χ3n) is 6.24. The van der Waals surface area contributed by atoms with Crippen LogP contribution in [0.25, 0.3) is 10.4 Å². The van der Waals surface area contributed by atoms with E-state index < -0.39 is 0 Å². The molecule has 156 valence electrons. The molecule has 0 bridgehead atoms. The molecule has 0 saturated carbocycles. The molecule has 8 heteroatoms. The maximum Gasteiger partial charge on any atom is 0.224 e. The number of tetrazole rings is 1. The fraction of sp³-hybridized carbons (Fsp3) is 0.455. The lowest BCUT2D eigenvalue weighted by molar-refractivity contribution is -0.140. The molecule has 1 fully saturated rings. The molecule has 0 atom stereocenters. The Morgan fingerprint density at radius 1 is 1.23 bits per heavy atom. The van der Waals surface area contributed by atoms with E-state index in [0.29, 0.717) is 13.0 Å². The van der Waals surface area contributed by atoms with Gasteiger partial charge in [-0.05, 0) is 47.4 Å². The van der Waals surface area contributed by atoms with Crippen LogP contribution in [0.2, 0.25) is 0 Å². The molecule has 1 saturated heterocycles. The molecule has 5 rings (SSSR count). The number of aromatic nitrogens is 4. The fourth-order valence-electron chi connectivity index (χ4n) is 4.51. The minimum absolute atomic E-state index is 0.158. The van der Waals surface area contributed by atoms with Gasteiger partial charge in [-0.1, -0.05) is 30.3 Å². The molecule has 0 unspecified atom stereocenters. The predicted molar refractivity (Wildman–Crippen MR) is 114 cm³/mol. The number of piperidine rings is 1. The van der Waals surface area contributed by atoms with Crippen LogP contribution in [0, 0.1) is 6.92 Å². The van der Waals surface area contributed by atoms with Crippen LogP contribution in [0.3, 0.4) is 0 Å². The molecule has 30 heavy (non-hydrogen) atoms. The SMILES string of the molecule is Cc1nnnn1CCC(=O)N1CCC2(CC1)OCCc1sc(-c3ccccc3)cc12. The quantitative estimate of drug-likeness (QED) is 0.644. The molecule has 0 aliphatic carbocycles. The number of carbonyl (C=O) groups is 1. The molecule has 3 aromatic rings. The summed E-state index contributed by atoms with van der Waals surface area (Å²) in [5, 5.41) is 11.4. The number of benzene rings is 1. The van der Waals surface area contributed by atoms with Gasteiger partial charge in [0, 0.05) is 35.7 Å². The Morgan fingerprint density at radius 3 is 2.77 bits per heavy atom. The van der Waals surface area contributed by atoms with E-state index in [1.54, 1.807) is 4.68 Å². The summed E-state index contributed by atoms with van der Waals surface area (Å²) in [5.74, 6) is 0.890. The summed E-state index contributed by atoms with van der Waals surface area (Å²) in [6.07, 6.45) is 3.09. The summed E-state index contributed by atoms with van der Waals surface area (Å²) in [6, 6.07) is 12.9. The predicted octanol–water partition coefficient (Wildman–Crippen LogP) is 3.19. The molecular formula is C22H25N5O2S. The first-order chi connectivity index (χ1) is 14.6. The molecule has 2 aromatic heterocycles. The minimum Gasteiger partial charge on any atom is -0.370 e. The molecule has 2 aliphatic rings. The van der Waals surface area contributed by atoms with Crippen molar-refractivity contribution in [2.75, 3.05) is 19.7 Å². The second-order valence-corrected chi connectivity index (χ2v) is 9.12. The van der Waals surface area contributed by atoms with Crippen LogP contribution >= 0.6 is 11.3 Å². The van der Waals surface area contributed by atoms with Crippen LogP contribution in [0.15, 0.2) is 36.4 Å². The average molecular weight is 424 g/mol. The maximum atomic E-state index is 12.7. The van der Waals surface area contributed by atoms with Crippen molar-refractivity contribution in [1.82, 2.24) is 25.1 Å². The summed E-state index contributed by atoms with van der Waals surface area (Å²) in [6.45, 7) is 4.57. The zero-order valence-corrected chi connectivity index (χ0v) is 17.9. The highest BCUT2D eigenvalue weighted by atomic mass is 32.1. The van der Waals surface area contributed by atoms with E-state index in [9.17, 15) is 4.79 Å². The Hall–Kier alpha value is -2.58. The number of aryl methyl sites for hydroxylation is 2. The van der Waals surface area contributed by atoms with Crippen molar-refractivity contribution in [2.24, 2.45) is 0 Å². The minimum atomic E-state index is -0.250. The third kappa shape index (κ3) is 3.54. The Morgan fingerprint density at radius 2 is 2.03 bits per heavy atom. The van der Waals surface area contributed by atoms with Gasteiger partial charge in [0.2, 0.25) is 5.91 Å². The van der Waals surface area contributed by atoms with E-state index in [1.807, 2.05) is 23.2 Å². The van der Waals surface area contributed by atoms with E-state index in [2.05, 4.69) is 51.9 Å². The van der Waals surface area contributed by atoms with Crippen molar-refractivity contribution in [3.8, 4) is 10.4 Å². The topological polar surface area (TPSA) is 73.1 Å². The molecule has 0 radical (unpaired) electrons. The molecular weight excluding hydrogens is 398 g/mol. The summed E-state index contributed by atoms with van der Waals surface area (Å²) >= 11 is 1.89. The van der Waals surface area contributed by atoms with Crippen LogP contribution in [0.1, 0.15) is 35.5 Å². The molecule has 4 heterocycles. The van der Waals surface area contributed by atoms with Gasteiger partial charge in [-0.2, -0.15) is 0 Å². The number of nitrogens with zero attached hydrogens (tertiary/aromatic N) is 5. The normalized spacial score (nSPS) is 17.8. The van der Waals surface area contributed by atoms with Crippen molar-refractivity contribution < 1.29 is 9.53 Å². The lowest BCUT2D eigenvalue weighted by Gasteiger charge is -2.44. The highest BCUT2D eigenvalue weighted by molar-refractivity contribution is 7.15. The Labute approximate surface area is 179 Å². The van der Waals surface area contributed by atoms with E-state index in [4.69, 9.17) is 4.74 Å². The molecule has 1 amide bonds. The second kappa shape index (κ2) is 7.92. The molecule has 2 aliphatic heterocycles. The van der Waals surface area contributed by atoms with Crippen LogP contribution in [0.4, 0.5) is 0 Å². The van der Waals surface area contributed by atoms with Gasteiger partial charge in [0.15, 0.2) is 0 Å². The van der Waals surface area contributed by atoms with Crippen molar-refractivity contribution >= 4 is 17.2 Å². The lowest BCUT2D eigenvalue weighted by Crippen LogP contribution is -2.48. The number of hydrogen-bond donors (Lipinski definition) is 0. The van der Waals surface area contributed by atoms with Crippen LogP contribution in [-0.4, -0.2) is 50.7 Å². The van der Waals surface area contributed by atoms with Crippen LogP contribution < -0.4 is 0 Å². The van der Waals surface area contributed by atoms with E-state index >= 15 is 0 Å². The van der Waals surface area contributed by atoms with Gasteiger partial charge in [0.25, 0.3) is 0 Å². The summed E-state index contributed by atoms with van der Waals surface area (Å²) in [4.78, 5) is 17.4. The van der Waals surface area contributed by atoms with Crippen molar-refractivity contribution in [3.05, 3.63) is 52.7 Å². The standard InChI is InChI=1S/C22H25N5O2S/c1-16-23-24-25-27(16)11-7-21(28)26-12-9-22(10-13-26)18-15-20(17-5-3-2-4-6-17)30-19(18)8-14-29-22/h2-6,15H,7-14H2,1H3. The van der Waals surface area contributed by atoms with Gasteiger partial charge in [-0.25, -0.2) is 4.68 Å². The van der Waals surface area contributed by atoms with Crippen LogP contribution in [-0.2, 0) is 28.1 Å². The lowest BCUT2D eigenvalue weighted by atomic mass is 9.82. The number of hydrogen-bond acceptors (Lipinski definition) is 6. The van der Waals surface area contributed by atoms with Crippen molar-refractivity contribution in [2.45, 2.75) is 44.8 Å². The smallest absolute Gasteiger partial charge is 0.224 e. The zero-order chi connectivity index (χ0) is 20.6. The summed E-state index contributed by atoms with van der Waals surface area (Å²) in [5.41, 5.74) is 2.35. The zero-order valence-electron chi connectivity index (χ0n) is 17.1. The second-order valence-electron chi connectivity index (χ2n) is 7.99. The molecule has 1 spiro atoms. The average Bonchev–Trinajstić information content (AvgIpc) is 3.40. The van der Waals surface area contributed by atoms with Gasteiger partial charge in [0.05, 0.1) is 18.8 Å². The number of likely N-dealkylation sites (tertiary alicyclic amines) is 1.